The highest BCUT2D eigenvalue weighted by Crippen LogP contribution is 2.15. The van der Waals surface area contributed by atoms with Crippen LogP contribution < -0.4 is 0 Å². The molecule has 0 saturated carbocycles. The Labute approximate surface area is 54.6 Å². The fourth-order valence-electron chi connectivity index (χ4n) is 0.397. The lowest BCUT2D eigenvalue weighted by Crippen LogP contribution is -1.88. The zero-order valence-corrected chi connectivity index (χ0v) is 5.38. The molecule has 0 N–H and O–H groups in total. The van der Waals surface area contributed by atoms with Crippen LogP contribution in [0.25, 0.3) is 0 Å². The van der Waals surface area contributed by atoms with E-state index in [4.69, 9.17) is 0 Å². The van der Waals surface area contributed by atoms with Crippen LogP contribution in [0.2, 0.25) is 0 Å². The second kappa shape index (κ2) is 2.06. The summed E-state index contributed by atoms with van der Waals surface area (Å²) >= 11 is 1.03. The highest BCUT2D eigenvalue weighted by atomic mass is 32.1. The lowest BCUT2D eigenvalue weighted by molar-refractivity contribution is -0.390. The first kappa shape index (κ1) is 6.09. The second-order valence-corrected chi connectivity index (χ2v) is 2.37. The maximum atomic E-state index is 9.99. The van der Waals surface area contributed by atoms with E-state index < -0.39 is 4.92 Å². The molecule has 0 aliphatic heterocycles. The lowest BCUT2D eigenvalue weighted by atomic mass is 10.6. The van der Waals surface area contributed by atoms with Gasteiger partial charge in [0.15, 0.2) is 0 Å². The zero-order chi connectivity index (χ0) is 6.85. The highest BCUT2D eigenvalue weighted by molar-refractivity contribution is 7.05. The van der Waals surface area contributed by atoms with Gasteiger partial charge in [-0.25, -0.2) is 0 Å². The summed E-state index contributed by atoms with van der Waals surface area (Å²) in [6.07, 6.45) is 0. The van der Waals surface area contributed by atoms with Gasteiger partial charge < -0.3 is 10.1 Å². The van der Waals surface area contributed by atoms with E-state index in [0.29, 0.717) is 4.88 Å². The topological polar surface area (TPSA) is 68.9 Å². The average molecular weight is 145 g/mol. The van der Waals surface area contributed by atoms with Crippen molar-refractivity contribution in [3.8, 4) is 0 Å². The summed E-state index contributed by atoms with van der Waals surface area (Å²) in [4.78, 5) is 9.99. The van der Waals surface area contributed by atoms with Crippen LogP contribution >= 0.6 is 11.5 Å². The monoisotopic (exact) mass is 145 g/mol. The first-order chi connectivity index (χ1) is 4.22. The van der Waals surface area contributed by atoms with E-state index in [1.807, 2.05) is 0 Å². The lowest BCUT2D eigenvalue weighted by Gasteiger charge is -1.83. The minimum atomic E-state index is -0.543. The van der Waals surface area contributed by atoms with Crippen LogP contribution in [0, 0.1) is 17.0 Å². The van der Waals surface area contributed by atoms with Gasteiger partial charge in [-0.2, -0.15) is 0 Å². The molecular formula is C3H3N3O2S. The SMILES string of the molecule is Cc1snnc1[N+](=O)[O-]. The summed E-state index contributed by atoms with van der Waals surface area (Å²) in [7, 11) is 0. The Bertz CT molecular complexity index is 233. The number of hydrogen-bond acceptors (Lipinski definition) is 5. The first-order valence-corrected chi connectivity index (χ1v) is 2.92. The summed E-state index contributed by atoms with van der Waals surface area (Å²) < 4.78 is 3.39. The van der Waals surface area contributed by atoms with Crippen LogP contribution in [0.4, 0.5) is 5.82 Å². The van der Waals surface area contributed by atoms with Crippen molar-refractivity contribution in [1.29, 1.82) is 0 Å². The third-order valence-corrected chi connectivity index (χ3v) is 1.42. The Balaban J connectivity index is 3.08. The molecule has 1 rings (SSSR count). The van der Waals surface area contributed by atoms with Crippen molar-refractivity contribution in [2.45, 2.75) is 6.92 Å². The fraction of sp³-hybridized carbons (Fsp3) is 0.333. The molecule has 0 spiro atoms. The molecule has 0 unspecified atom stereocenters. The van der Waals surface area contributed by atoms with Gasteiger partial charge >= 0.3 is 5.82 Å². The Kier molecular flexibility index (Phi) is 1.39. The van der Waals surface area contributed by atoms with Crippen LogP contribution in [-0.4, -0.2) is 14.5 Å². The maximum absolute atomic E-state index is 9.99. The largest absolute Gasteiger partial charge is 0.406 e. The van der Waals surface area contributed by atoms with E-state index in [0.717, 1.165) is 11.5 Å². The predicted molar refractivity (Wildman–Crippen MR) is 31.3 cm³/mol. The molecule has 5 nitrogen and oxygen atoms in total. The molecule has 0 bridgehead atoms. The molecule has 0 fully saturated rings. The number of aryl methyl sites for hydroxylation is 1. The molecule has 0 radical (unpaired) electrons. The smallest absolute Gasteiger partial charge is 0.358 e. The number of rotatable bonds is 1. The minimum Gasteiger partial charge on any atom is -0.358 e. The molecule has 9 heavy (non-hydrogen) atoms. The van der Waals surface area contributed by atoms with Gasteiger partial charge in [-0.15, -0.1) is 0 Å². The molecule has 0 aromatic carbocycles. The van der Waals surface area contributed by atoms with Crippen molar-refractivity contribution in [2.24, 2.45) is 0 Å². The van der Waals surface area contributed by atoms with Crippen molar-refractivity contribution < 1.29 is 4.92 Å². The van der Waals surface area contributed by atoms with Crippen LogP contribution in [0.15, 0.2) is 0 Å². The molecule has 6 heteroatoms. The van der Waals surface area contributed by atoms with Gasteiger partial charge in [-0.3, -0.25) is 0 Å². The highest BCUT2D eigenvalue weighted by Gasteiger charge is 2.14. The van der Waals surface area contributed by atoms with Crippen LogP contribution in [0.5, 0.6) is 0 Å². The van der Waals surface area contributed by atoms with Gasteiger partial charge in [0.1, 0.15) is 4.88 Å². The summed E-state index contributed by atoms with van der Waals surface area (Å²) in [5.41, 5.74) is 0. The third kappa shape index (κ3) is 1.02. The van der Waals surface area contributed by atoms with Gasteiger partial charge in [-0.05, 0) is 11.8 Å². The Morgan fingerprint density at radius 2 is 2.44 bits per heavy atom. The molecule has 1 heterocycles. The van der Waals surface area contributed by atoms with E-state index in [1.165, 1.54) is 0 Å². The van der Waals surface area contributed by atoms with E-state index in [2.05, 4.69) is 9.59 Å². The predicted octanol–water partition coefficient (Wildman–Crippen LogP) is 0.755. The molecule has 1 aromatic rings. The molecule has 0 aliphatic carbocycles. The maximum Gasteiger partial charge on any atom is 0.406 e. The number of nitrogens with zero attached hydrogens (tertiary/aromatic N) is 3. The van der Waals surface area contributed by atoms with Crippen molar-refractivity contribution >= 4 is 17.4 Å². The van der Waals surface area contributed by atoms with Crippen LogP contribution in [-0.2, 0) is 0 Å². The molecule has 0 saturated heterocycles. The standard InChI is InChI=1S/C3H3N3O2S/c1-2-3(6(7)8)4-5-9-2/h1H3. The summed E-state index contributed by atoms with van der Waals surface area (Å²) in [6, 6.07) is 0. The summed E-state index contributed by atoms with van der Waals surface area (Å²) in [5, 5.41) is 13.3. The molecule has 1 aromatic heterocycles. The number of aromatic nitrogens is 2. The van der Waals surface area contributed by atoms with Gasteiger partial charge in [0.25, 0.3) is 0 Å². The second-order valence-electron chi connectivity index (χ2n) is 1.41. The molecule has 0 amide bonds. The third-order valence-electron chi connectivity index (χ3n) is 0.801. The number of hydrogen-bond donors (Lipinski definition) is 0. The molecule has 0 atom stereocenters. The van der Waals surface area contributed by atoms with Crippen molar-refractivity contribution in [1.82, 2.24) is 9.59 Å². The average Bonchev–Trinajstić information content (AvgIpc) is 2.13. The normalized spacial score (nSPS) is 9.44. The van der Waals surface area contributed by atoms with Crippen LogP contribution in [0.3, 0.4) is 0 Å². The Hall–Kier alpha value is -1.04. The summed E-state index contributed by atoms with van der Waals surface area (Å²) in [5.74, 6) is -0.139. The quantitative estimate of drug-likeness (QED) is 0.432. The van der Waals surface area contributed by atoms with Crippen molar-refractivity contribution in [2.75, 3.05) is 0 Å². The van der Waals surface area contributed by atoms with Gasteiger partial charge in [0, 0.05) is 16.0 Å². The zero-order valence-electron chi connectivity index (χ0n) is 4.57. The van der Waals surface area contributed by atoms with Gasteiger partial charge in [-0.1, -0.05) is 0 Å². The molecular weight excluding hydrogens is 142 g/mol. The number of nitro groups is 1. The van der Waals surface area contributed by atoms with E-state index in [1.54, 1.807) is 6.92 Å². The molecule has 0 aliphatic rings. The molecule has 48 valence electrons. The summed E-state index contributed by atoms with van der Waals surface area (Å²) in [6.45, 7) is 1.61. The minimum absolute atomic E-state index is 0.139. The van der Waals surface area contributed by atoms with E-state index in [-0.39, 0.29) is 5.82 Å². The van der Waals surface area contributed by atoms with Crippen molar-refractivity contribution in [3.05, 3.63) is 15.0 Å². The van der Waals surface area contributed by atoms with Crippen molar-refractivity contribution in [3.63, 3.8) is 0 Å². The van der Waals surface area contributed by atoms with E-state index >= 15 is 0 Å². The Morgan fingerprint density at radius 3 is 2.67 bits per heavy atom. The van der Waals surface area contributed by atoms with Gasteiger partial charge in [0.2, 0.25) is 0 Å². The fourth-order valence-corrected chi connectivity index (χ4v) is 0.834. The van der Waals surface area contributed by atoms with E-state index in [9.17, 15) is 10.1 Å². The first-order valence-electron chi connectivity index (χ1n) is 2.15. The van der Waals surface area contributed by atoms with Gasteiger partial charge in [0.05, 0.1) is 5.10 Å². The van der Waals surface area contributed by atoms with Crippen LogP contribution in [0.1, 0.15) is 4.88 Å². The Morgan fingerprint density at radius 1 is 1.78 bits per heavy atom.